The molecule has 6 nitrogen and oxygen atoms in total. The molecule has 4 aromatic rings. The average molecular weight is 456 g/mol. The maximum atomic E-state index is 13.1. The summed E-state index contributed by atoms with van der Waals surface area (Å²) in [5.74, 6) is 0.758. The second-order valence-corrected chi connectivity index (χ2v) is 8.20. The first kappa shape index (κ1) is 21.0. The minimum Gasteiger partial charge on any atom is -0.493 e. The normalized spacial score (nSPS) is 10.7. The van der Waals surface area contributed by atoms with Gasteiger partial charge < -0.3 is 14.8 Å². The van der Waals surface area contributed by atoms with Gasteiger partial charge >= 0.3 is 0 Å². The van der Waals surface area contributed by atoms with Crippen LogP contribution in [0.1, 0.15) is 5.69 Å². The van der Waals surface area contributed by atoms with Crippen molar-refractivity contribution in [1.29, 1.82) is 0 Å². The molecule has 0 fully saturated rings. The Hall–Kier alpha value is -3.30. The standard InChI is InChI=1S/C22H18FN3O3S2/c1-28-18-8-5-14(9-19(18)29-2)21-24-16(11-30-21)10-20(27)26-22-25-17(12-31-22)13-3-6-15(23)7-4-13/h3-9,11-12H,10H2,1-2H3,(H,25,26,27). The molecule has 2 heterocycles. The quantitative estimate of drug-likeness (QED) is 0.411. The van der Waals surface area contributed by atoms with Crippen LogP contribution in [-0.4, -0.2) is 30.1 Å². The maximum Gasteiger partial charge on any atom is 0.232 e. The van der Waals surface area contributed by atoms with Crippen LogP contribution in [0.5, 0.6) is 11.5 Å². The van der Waals surface area contributed by atoms with E-state index in [1.165, 1.54) is 34.8 Å². The number of carbonyl (C=O) groups excluding carboxylic acids is 1. The number of thiazole rings is 2. The van der Waals surface area contributed by atoms with E-state index < -0.39 is 0 Å². The van der Waals surface area contributed by atoms with Crippen molar-refractivity contribution >= 4 is 33.7 Å². The molecule has 0 radical (unpaired) electrons. The minimum absolute atomic E-state index is 0.134. The van der Waals surface area contributed by atoms with Crippen LogP contribution in [0.15, 0.2) is 53.2 Å². The van der Waals surface area contributed by atoms with E-state index in [2.05, 4.69) is 15.3 Å². The van der Waals surface area contributed by atoms with Gasteiger partial charge in [0.2, 0.25) is 5.91 Å². The number of anilines is 1. The first-order valence-electron chi connectivity index (χ1n) is 9.24. The van der Waals surface area contributed by atoms with Crippen LogP contribution in [0.3, 0.4) is 0 Å². The number of methoxy groups -OCH3 is 2. The van der Waals surface area contributed by atoms with E-state index in [1.54, 1.807) is 26.4 Å². The predicted octanol–water partition coefficient (Wildman–Crippen LogP) is 5.27. The number of benzene rings is 2. The van der Waals surface area contributed by atoms with Crippen LogP contribution in [0.4, 0.5) is 9.52 Å². The summed E-state index contributed by atoms with van der Waals surface area (Å²) < 4.78 is 23.7. The van der Waals surface area contributed by atoms with Gasteiger partial charge in [0.05, 0.1) is 32.0 Å². The van der Waals surface area contributed by atoms with Crippen molar-refractivity contribution < 1.29 is 18.7 Å². The molecule has 31 heavy (non-hydrogen) atoms. The summed E-state index contributed by atoms with van der Waals surface area (Å²) in [6.45, 7) is 0. The van der Waals surface area contributed by atoms with Gasteiger partial charge in [0.25, 0.3) is 0 Å². The van der Waals surface area contributed by atoms with Gasteiger partial charge in [-0.1, -0.05) is 0 Å². The van der Waals surface area contributed by atoms with Gasteiger partial charge in [0.1, 0.15) is 10.8 Å². The topological polar surface area (TPSA) is 73.3 Å². The Morgan fingerprint density at radius 2 is 1.71 bits per heavy atom. The van der Waals surface area contributed by atoms with E-state index in [1.807, 2.05) is 29.0 Å². The van der Waals surface area contributed by atoms with Crippen molar-refractivity contribution in [2.45, 2.75) is 6.42 Å². The molecule has 2 aromatic heterocycles. The highest BCUT2D eigenvalue weighted by molar-refractivity contribution is 7.14. The molecular formula is C22H18FN3O3S2. The van der Waals surface area contributed by atoms with Gasteiger partial charge in [0, 0.05) is 21.9 Å². The smallest absolute Gasteiger partial charge is 0.232 e. The van der Waals surface area contributed by atoms with E-state index in [4.69, 9.17) is 9.47 Å². The van der Waals surface area contributed by atoms with Crippen LogP contribution in [0.25, 0.3) is 21.8 Å². The molecule has 0 bridgehead atoms. The molecule has 0 aliphatic heterocycles. The molecule has 4 rings (SSSR count). The second-order valence-electron chi connectivity index (χ2n) is 6.48. The van der Waals surface area contributed by atoms with Crippen molar-refractivity contribution in [3.63, 3.8) is 0 Å². The van der Waals surface area contributed by atoms with Crippen LogP contribution in [-0.2, 0) is 11.2 Å². The first-order chi connectivity index (χ1) is 15.1. The number of hydrogen-bond donors (Lipinski definition) is 1. The minimum atomic E-state index is -0.303. The van der Waals surface area contributed by atoms with Crippen molar-refractivity contribution in [2.24, 2.45) is 0 Å². The molecule has 9 heteroatoms. The van der Waals surface area contributed by atoms with Crippen molar-refractivity contribution in [1.82, 2.24) is 9.97 Å². The van der Waals surface area contributed by atoms with Crippen molar-refractivity contribution in [2.75, 3.05) is 19.5 Å². The van der Waals surface area contributed by atoms with Crippen molar-refractivity contribution in [3.8, 4) is 33.3 Å². The molecule has 1 N–H and O–H groups in total. The molecule has 158 valence electrons. The van der Waals surface area contributed by atoms with Crippen molar-refractivity contribution in [3.05, 3.63) is 64.7 Å². The number of nitrogens with one attached hydrogen (secondary N) is 1. The van der Waals surface area contributed by atoms with Crippen LogP contribution < -0.4 is 14.8 Å². The summed E-state index contributed by atoms with van der Waals surface area (Å²) in [5, 5.41) is 7.75. The SMILES string of the molecule is COc1ccc(-c2nc(CC(=O)Nc3nc(-c4ccc(F)cc4)cs3)cs2)cc1OC. The number of carbonyl (C=O) groups is 1. The monoisotopic (exact) mass is 455 g/mol. The molecule has 2 aromatic carbocycles. The lowest BCUT2D eigenvalue weighted by Crippen LogP contribution is -2.14. The number of halogens is 1. The van der Waals surface area contributed by atoms with Gasteiger partial charge in [-0.05, 0) is 42.5 Å². The highest BCUT2D eigenvalue weighted by atomic mass is 32.1. The fourth-order valence-corrected chi connectivity index (χ4v) is 4.45. The maximum absolute atomic E-state index is 13.1. The fourth-order valence-electron chi connectivity index (χ4n) is 2.90. The lowest BCUT2D eigenvalue weighted by molar-refractivity contribution is -0.115. The molecule has 0 saturated heterocycles. The molecule has 0 unspecified atom stereocenters. The molecular weight excluding hydrogens is 437 g/mol. The third-order valence-corrected chi connectivity index (χ3v) is 6.11. The third kappa shape index (κ3) is 4.89. The molecule has 0 atom stereocenters. The summed E-state index contributed by atoms with van der Waals surface area (Å²) in [7, 11) is 3.17. The van der Waals surface area contributed by atoms with E-state index in [0.29, 0.717) is 28.0 Å². The first-order valence-corrected chi connectivity index (χ1v) is 11.0. The predicted molar refractivity (Wildman–Crippen MR) is 120 cm³/mol. The van der Waals surface area contributed by atoms with Gasteiger partial charge in [-0.15, -0.1) is 22.7 Å². The Kier molecular flexibility index (Phi) is 6.24. The summed E-state index contributed by atoms with van der Waals surface area (Å²) in [4.78, 5) is 21.4. The Balaban J connectivity index is 1.41. The van der Waals surface area contributed by atoms with E-state index >= 15 is 0 Å². The number of rotatable bonds is 7. The largest absolute Gasteiger partial charge is 0.493 e. The second kappa shape index (κ2) is 9.23. The van der Waals surface area contributed by atoms with E-state index in [9.17, 15) is 9.18 Å². The molecule has 0 aliphatic rings. The van der Waals surface area contributed by atoms with Gasteiger partial charge in [-0.25, -0.2) is 14.4 Å². The van der Waals surface area contributed by atoms with E-state index in [-0.39, 0.29) is 18.1 Å². The lowest BCUT2D eigenvalue weighted by Gasteiger charge is -2.08. The zero-order chi connectivity index (χ0) is 21.8. The Labute approximate surface area is 186 Å². The van der Waals surface area contributed by atoms with Crippen LogP contribution in [0.2, 0.25) is 0 Å². The summed E-state index contributed by atoms with van der Waals surface area (Å²) in [5.41, 5.74) is 3.03. The highest BCUT2D eigenvalue weighted by Gasteiger charge is 2.13. The number of ether oxygens (including phenoxy) is 2. The molecule has 0 saturated carbocycles. The number of hydrogen-bond acceptors (Lipinski definition) is 7. The molecule has 0 aliphatic carbocycles. The summed E-state index contributed by atoms with van der Waals surface area (Å²) >= 11 is 2.77. The van der Waals surface area contributed by atoms with Crippen LogP contribution in [0, 0.1) is 5.82 Å². The van der Waals surface area contributed by atoms with Gasteiger partial charge in [-0.2, -0.15) is 0 Å². The third-order valence-electron chi connectivity index (χ3n) is 4.41. The Morgan fingerprint density at radius 3 is 2.45 bits per heavy atom. The number of nitrogens with zero attached hydrogens (tertiary/aromatic N) is 2. The Bertz CT molecular complexity index is 1200. The average Bonchev–Trinajstić information content (AvgIpc) is 3.43. The fraction of sp³-hybridized carbons (Fsp3) is 0.136. The van der Waals surface area contributed by atoms with Gasteiger partial charge in [0.15, 0.2) is 16.6 Å². The lowest BCUT2D eigenvalue weighted by atomic mass is 10.2. The molecule has 0 spiro atoms. The number of amides is 1. The molecule has 1 amide bonds. The van der Waals surface area contributed by atoms with Gasteiger partial charge in [-0.3, -0.25) is 4.79 Å². The Morgan fingerprint density at radius 1 is 0.968 bits per heavy atom. The summed E-state index contributed by atoms with van der Waals surface area (Å²) in [6.07, 6.45) is 0.134. The highest BCUT2D eigenvalue weighted by Crippen LogP contribution is 2.33. The zero-order valence-corrected chi connectivity index (χ0v) is 18.3. The zero-order valence-electron chi connectivity index (χ0n) is 16.7. The summed E-state index contributed by atoms with van der Waals surface area (Å²) in [6, 6.07) is 11.6. The van der Waals surface area contributed by atoms with E-state index in [0.717, 1.165) is 16.1 Å². The van der Waals surface area contributed by atoms with Crippen LogP contribution >= 0.6 is 22.7 Å². The number of aromatic nitrogens is 2.